The molecule has 4 bridgehead atoms. The van der Waals surface area contributed by atoms with Gasteiger partial charge in [0.1, 0.15) is 0 Å². The number of nitrogens with two attached hydrogens (primary N) is 1. The number of carbonyl (C=O) groups is 1. The van der Waals surface area contributed by atoms with Crippen LogP contribution in [-0.4, -0.2) is 18.0 Å². The first kappa shape index (κ1) is 17.5. The molecule has 1 spiro atoms. The lowest BCUT2D eigenvalue weighted by atomic mass is 9.39. The summed E-state index contributed by atoms with van der Waals surface area (Å²) in [4.78, 5) is 13.7. The zero-order valence-electron chi connectivity index (χ0n) is 17.0. The van der Waals surface area contributed by atoms with E-state index in [4.69, 9.17) is 5.73 Å². The Hall–Kier alpha value is -1.35. The average molecular weight is 379 g/mol. The molecule has 0 radical (unpaired) electrons. The molecule has 6 aliphatic rings. The fraction of sp³-hybridized carbons (Fsp3) is 0.720. The summed E-state index contributed by atoms with van der Waals surface area (Å²) in [6.07, 6.45) is 13.1. The molecular formula is C25H34N2O. The molecule has 6 saturated carbocycles. The number of hydrogen-bond donors (Lipinski definition) is 2. The van der Waals surface area contributed by atoms with Crippen molar-refractivity contribution in [3.63, 3.8) is 0 Å². The maximum Gasteiger partial charge on any atom is 0.226 e. The van der Waals surface area contributed by atoms with E-state index in [-0.39, 0.29) is 10.8 Å². The highest BCUT2D eigenvalue weighted by molar-refractivity contribution is 5.84. The lowest BCUT2D eigenvalue weighted by molar-refractivity contribution is -0.162. The van der Waals surface area contributed by atoms with E-state index in [1.807, 2.05) is 0 Å². The SMILES string of the molecule is NC1CCC(NC(=O)C23CC4CC(c5ccccc5)(CC(C2)C42CC2)C3)CC1. The summed E-state index contributed by atoms with van der Waals surface area (Å²) in [5, 5.41) is 3.52. The molecule has 1 aromatic carbocycles. The Labute approximate surface area is 168 Å². The average Bonchev–Trinajstić information content (AvgIpc) is 3.50. The zero-order chi connectivity index (χ0) is 19.0. The van der Waals surface area contributed by atoms with E-state index >= 15 is 0 Å². The van der Waals surface area contributed by atoms with Crippen LogP contribution in [0.25, 0.3) is 0 Å². The minimum atomic E-state index is -0.116. The fourth-order valence-corrected chi connectivity index (χ4v) is 8.24. The lowest BCUT2D eigenvalue weighted by Crippen LogP contribution is -2.63. The number of rotatable bonds is 3. The molecule has 7 rings (SSSR count). The van der Waals surface area contributed by atoms with Crippen LogP contribution in [0, 0.1) is 22.7 Å². The van der Waals surface area contributed by atoms with Gasteiger partial charge in [0.15, 0.2) is 0 Å². The van der Waals surface area contributed by atoms with Gasteiger partial charge in [-0.1, -0.05) is 30.3 Å². The fourth-order valence-electron chi connectivity index (χ4n) is 8.24. The molecule has 3 N–H and O–H groups in total. The van der Waals surface area contributed by atoms with E-state index < -0.39 is 0 Å². The first-order chi connectivity index (χ1) is 13.5. The Bertz CT molecular complexity index is 757. The van der Waals surface area contributed by atoms with Gasteiger partial charge in [-0.25, -0.2) is 0 Å². The standard InChI is InChI=1S/C25H34N2O/c26-20-6-8-21(9-7-20)27-22(28)24-14-18-12-23(16-24,17-4-2-1-3-5-17)13-19(15-24)25(18)10-11-25/h1-5,18-21H,6-16,26H2,(H,27,28). The number of hydrogen-bond acceptors (Lipinski definition) is 2. The van der Waals surface area contributed by atoms with Gasteiger partial charge in [0, 0.05) is 12.1 Å². The molecular weight excluding hydrogens is 344 g/mol. The number of nitrogens with one attached hydrogen (secondary N) is 1. The van der Waals surface area contributed by atoms with Crippen molar-refractivity contribution in [3.05, 3.63) is 35.9 Å². The Kier molecular flexibility index (Phi) is 3.65. The molecule has 0 aromatic heterocycles. The van der Waals surface area contributed by atoms with Gasteiger partial charge in [-0.05, 0) is 98.9 Å². The van der Waals surface area contributed by atoms with E-state index in [0.29, 0.717) is 23.4 Å². The highest BCUT2D eigenvalue weighted by Gasteiger charge is 2.71. The van der Waals surface area contributed by atoms with Gasteiger partial charge in [0.05, 0.1) is 5.41 Å². The van der Waals surface area contributed by atoms with E-state index in [0.717, 1.165) is 56.8 Å². The Morgan fingerprint density at radius 1 is 0.929 bits per heavy atom. The highest BCUT2D eigenvalue weighted by Crippen LogP contribution is 2.77. The lowest BCUT2D eigenvalue weighted by Gasteiger charge is -2.65. The topological polar surface area (TPSA) is 55.1 Å². The smallest absolute Gasteiger partial charge is 0.226 e. The maximum absolute atomic E-state index is 13.7. The second-order valence-electron chi connectivity index (χ2n) is 11.1. The van der Waals surface area contributed by atoms with Crippen LogP contribution in [0.15, 0.2) is 30.3 Å². The van der Waals surface area contributed by atoms with E-state index in [9.17, 15) is 4.79 Å². The molecule has 1 amide bonds. The first-order valence-electron chi connectivity index (χ1n) is 11.7. The largest absolute Gasteiger partial charge is 0.353 e. The molecule has 3 heteroatoms. The van der Waals surface area contributed by atoms with Crippen molar-refractivity contribution in [2.45, 2.75) is 88.1 Å². The van der Waals surface area contributed by atoms with Crippen molar-refractivity contribution in [2.75, 3.05) is 0 Å². The predicted octanol–water partition coefficient (Wildman–Crippen LogP) is 4.30. The summed E-state index contributed by atoms with van der Waals surface area (Å²) in [6, 6.07) is 11.9. The van der Waals surface area contributed by atoms with Crippen molar-refractivity contribution in [1.82, 2.24) is 5.32 Å². The van der Waals surface area contributed by atoms with E-state index in [1.54, 1.807) is 0 Å². The van der Waals surface area contributed by atoms with Crippen LogP contribution >= 0.6 is 0 Å². The molecule has 6 fully saturated rings. The molecule has 28 heavy (non-hydrogen) atoms. The summed E-state index contributed by atoms with van der Waals surface area (Å²) in [7, 11) is 0. The molecule has 0 saturated heterocycles. The second-order valence-corrected chi connectivity index (χ2v) is 11.1. The monoisotopic (exact) mass is 378 g/mol. The molecule has 1 aromatic rings. The predicted molar refractivity (Wildman–Crippen MR) is 111 cm³/mol. The first-order valence-corrected chi connectivity index (χ1v) is 11.7. The Balaban J connectivity index is 1.31. The summed E-state index contributed by atoms with van der Waals surface area (Å²) < 4.78 is 0. The van der Waals surface area contributed by atoms with Crippen LogP contribution in [0.5, 0.6) is 0 Å². The zero-order valence-corrected chi connectivity index (χ0v) is 17.0. The van der Waals surface area contributed by atoms with Crippen molar-refractivity contribution in [3.8, 4) is 0 Å². The third kappa shape index (κ3) is 2.41. The van der Waals surface area contributed by atoms with Crippen LogP contribution in [0.2, 0.25) is 0 Å². The number of benzene rings is 1. The quantitative estimate of drug-likeness (QED) is 0.824. The third-order valence-electron chi connectivity index (χ3n) is 9.65. The third-order valence-corrected chi connectivity index (χ3v) is 9.65. The molecule has 150 valence electrons. The Morgan fingerprint density at radius 2 is 1.57 bits per heavy atom. The van der Waals surface area contributed by atoms with Crippen LogP contribution in [0.1, 0.15) is 76.2 Å². The molecule has 2 unspecified atom stereocenters. The Morgan fingerprint density at radius 3 is 2.18 bits per heavy atom. The van der Waals surface area contributed by atoms with Gasteiger partial charge >= 0.3 is 0 Å². The van der Waals surface area contributed by atoms with Crippen LogP contribution in [0.3, 0.4) is 0 Å². The minimum absolute atomic E-state index is 0.116. The number of amides is 1. The minimum Gasteiger partial charge on any atom is -0.353 e. The summed E-state index contributed by atoms with van der Waals surface area (Å²) in [6.45, 7) is 0. The van der Waals surface area contributed by atoms with Crippen molar-refractivity contribution >= 4 is 5.91 Å². The van der Waals surface area contributed by atoms with Crippen molar-refractivity contribution in [2.24, 2.45) is 28.4 Å². The summed E-state index contributed by atoms with van der Waals surface area (Å²) in [5.74, 6) is 1.91. The number of carbonyl (C=O) groups excluding carboxylic acids is 1. The maximum atomic E-state index is 13.7. The molecule has 2 atom stereocenters. The highest BCUT2D eigenvalue weighted by atomic mass is 16.2. The van der Waals surface area contributed by atoms with Gasteiger partial charge in [-0.3, -0.25) is 4.79 Å². The second kappa shape index (κ2) is 5.84. The van der Waals surface area contributed by atoms with Crippen molar-refractivity contribution < 1.29 is 4.79 Å². The van der Waals surface area contributed by atoms with Crippen molar-refractivity contribution in [1.29, 1.82) is 0 Å². The van der Waals surface area contributed by atoms with E-state index in [1.165, 1.54) is 31.2 Å². The molecule has 0 heterocycles. The molecule has 3 nitrogen and oxygen atoms in total. The normalized spacial score (nSPS) is 45.2. The van der Waals surface area contributed by atoms with Gasteiger partial charge in [-0.2, -0.15) is 0 Å². The van der Waals surface area contributed by atoms with Gasteiger partial charge < -0.3 is 11.1 Å². The summed E-state index contributed by atoms with van der Waals surface area (Å²) >= 11 is 0. The van der Waals surface area contributed by atoms with Gasteiger partial charge in [0.2, 0.25) is 5.91 Å². The molecule has 6 aliphatic carbocycles. The van der Waals surface area contributed by atoms with Gasteiger partial charge in [-0.15, -0.1) is 0 Å². The van der Waals surface area contributed by atoms with Crippen LogP contribution in [0.4, 0.5) is 0 Å². The van der Waals surface area contributed by atoms with Gasteiger partial charge in [0.25, 0.3) is 0 Å². The van der Waals surface area contributed by atoms with Crippen LogP contribution in [-0.2, 0) is 10.2 Å². The van der Waals surface area contributed by atoms with Crippen LogP contribution < -0.4 is 11.1 Å². The molecule has 0 aliphatic heterocycles. The van der Waals surface area contributed by atoms with E-state index in [2.05, 4.69) is 35.6 Å². The summed E-state index contributed by atoms with van der Waals surface area (Å²) in [5.41, 5.74) is 8.32.